The largest absolute Gasteiger partial charge is 0.399 e. The molecule has 1 heterocycles. The zero-order chi connectivity index (χ0) is 19.4. The van der Waals surface area contributed by atoms with Gasteiger partial charge in [0.05, 0.1) is 16.6 Å². The van der Waals surface area contributed by atoms with Crippen molar-refractivity contribution >= 4 is 16.6 Å². The zero-order valence-corrected chi connectivity index (χ0v) is 16.0. The highest BCUT2D eigenvalue weighted by Gasteiger charge is 2.08. The number of hydrogen-bond donors (Lipinski definition) is 2. The molecular formula is C20H29N3O2. The molecule has 0 bridgehead atoms. The van der Waals surface area contributed by atoms with Crippen LogP contribution in [0.4, 0.5) is 5.69 Å². The number of H-pyrrole nitrogens is 1. The maximum absolute atomic E-state index is 12.3. The van der Waals surface area contributed by atoms with Gasteiger partial charge < -0.3 is 10.7 Å². The van der Waals surface area contributed by atoms with Crippen molar-refractivity contribution in [3.8, 4) is 5.69 Å². The van der Waals surface area contributed by atoms with Gasteiger partial charge in [0.2, 0.25) is 0 Å². The molecule has 0 atom stereocenters. The van der Waals surface area contributed by atoms with E-state index in [1.807, 2.05) is 41.5 Å². The van der Waals surface area contributed by atoms with Crippen molar-refractivity contribution in [3.63, 3.8) is 0 Å². The molecule has 5 nitrogen and oxygen atoms in total. The van der Waals surface area contributed by atoms with Crippen LogP contribution in [-0.2, 0) is 0 Å². The van der Waals surface area contributed by atoms with Crippen molar-refractivity contribution in [1.29, 1.82) is 0 Å². The van der Waals surface area contributed by atoms with E-state index >= 15 is 0 Å². The van der Waals surface area contributed by atoms with Crippen LogP contribution in [-0.4, -0.2) is 9.55 Å². The number of rotatable bonds is 1. The summed E-state index contributed by atoms with van der Waals surface area (Å²) in [7, 11) is 0. The van der Waals surface area contributed by atoms with Crippen LogP contribution in [0, 0.1) is 0 Å². The Morgan fingerprint density at radius 2 is 1.32 bits per heavy atom. The molecule has 136 valence electrons. The highest BCUT2D eigenvalue weighted by molar-refractivity contribution is 5.77. The number of nitrogens with two attached hydrogens (primary N) is 1. The third kappa shape index (κ3) is 5.35. The minimum Gasteiger partial charge on any atom is -0.399 e. The second-order valence-corrected chi connectivity index (χ2v) is 4.21. The molecule has 0 aliphatic rings. The molecule has 25 heavy (non-hydrogen) atoms. The van der Waals surface area contributed by atoms with Gasteiger partial charge in [0.1, 0.15) is 0 Å². The lowest BCUT2D eigenvalue weighted by Crippen LogP contribution is -2.33. The molecule has 3 N–H and O–H groups in total. The van der Waals surface area contributed by atoms with E-state index in [4.69, 9.17) is 5.73 Å². The quantitative estimate of drug-likeness (QED) is 0.645. The van der Waals surface area contributed by atoms with E-state index < -0.39 is 5.69 Å². The number of hydrogen-bond acceptors (Lipinski definition) is 3. The lowest BCUT2D eigenvalue weighted by Gasteiger charge is -2.06. The molecule has 0 fully saturated rings. The van der Waals surface area contributed by atoms with Gasteiger partial charge in [-0.05, 0) is 36.4 Å². The van der Waals surface area contributed by atoms with Crippen LogP contribution in [0.2, 0.25) is 0 Å². The van der Waals surface area contributed by atoms with Gasteiger partial charge in [-0.3, -0.25) is 4.79 Å². The normalized spacial score (nSPS) is 8.88. The topological polar surface area (TPSA) is 80.9 Å². The van der Waals surface area contributed by atoms with Crippen molar-refractivity contribution in [2.75, 3.05) is 5.73 Å². The summed E-state index contributed by atoms with van der Waals surface area (Å²) in [5.74, 6) is 0. The van der Waals surface area contributed by atoms with E-state index in [1.54, 1.807) is 48.5 Å². The molecule has 0 saturated carbocycles. The first-order chi connectivity index (χ1) is 12.2. The average molecular weight is 343 g/mol. The van der Waals surface area contributed by atoms with E-state index in [0.717, 1.165) is 4.57 Å². The number of nitrogens with one attached hydrogen (secondary N) is 1. The fourth-order valence-corrected chi connectivity index (χ4v) is 2.02. The first kappa shape index (κ1) is 22.2. The lowest BCUT2D eigenvalue weighted by atomic mass is 10.2. The van der Waals surface area contributed by atoms with Gasteiger partial charge in [-0.25, -0.2) is 9.36 Å². The minimum atomic E-state index is -0.464. The second-order valence-electron chi connectivity index (χ2n) is 4.21. The summed E-state index contributed by atoms with van der Waals surface area (Å²) in [5, 5.41) is 0.471. The molecule has 1 aromatic heterocycles. The first-order valence-electron chi connectivity index (χ1n) is 8.77. The lowest BCUT2D eigenvalue weighted by molar-refractivity contribution is 0.901. The molecule has 5 heteroatoms. The van der Waals surface area contributed by atoms with E-state index in [0.29, 0.717) is 22.3 Å². The van der Waals surface area contributed by atoms with Crippen LogP contribution in [0.15, 0.2) is 58.1 Å². The third-order valence-corrected chi connectivity index (χ3v) is 2.96. The van der Waals surface area contributed by atoms with Gasteiger partial charge in [-0.15, -0.1) is 0 Å². The standard InChI is InChI=1S/C14H11N3O2.3C2H6/c15-9-5-7-10(8-6-9)17-13(18)11-3-1-2-4-12(11)16-14(17)19;3*1-2/h1-8H,15H2,(H,16,19);3*1-2H3. The van der Waals surface area contributed by atoms with Gasteiger partial charge >= 0.3 is 5.69 Å². The maximum atomic E-state index is 12.3. The van der Waals surface area contributed by atoms with Crippen LogP contribution in [0.25, 0.3) is 16.6 Å². The van der Waals surface area contributed by atoms with Crippen molar-refractivity contribution in [2.45, 2.75) is 41.5 Å². The van der Waals surface area contributed by atoms with Crippen LogP contribution < -0.4 is 17.0 Å². The Kier molecular flexibility index (Phi) is 10.4. The van der Waals surface area contributed by atoms with Crippen LogP contribution in [0.3, 0.4) is 0 Å². The Balaban J connectivity index is 0.000000871. The highest BCUT2D eigenvalue weighted by atomic mass is 16.2. The van der Waals surface area contributed by atoms with Crippen molar-refractivity contribution in [3.05, 3.63) is 69.4 Å². The van der Waals surface area contributed by atoms with Gasteiger partial charge in [0, 0.05) is 5.69 Å². The Labute approximate surface area is 149 Å². The molecule has 0 aliphatic heterocycles. The van der Waals surface area contributed by atoms with E-state index in [1.165, 1.54) is 0 Å². The number of aromatic amines is 1. The Morgan fingerprint density at radius 1 is 0.800 bits per heavy atom. The number of aromatic nitrogens is 2. The number of nitrogens with zero attached hydrogens (tertiary/aromatic N) is 1. The number of para-hydroxylation sites is 1. The van der Waals surface area contributed by atoms with Crippen LogP contribution >= 0.6 is 0 Å². The van der Waals surface area contributed by atoms with Crippen molar-refractivity contribution in [1.82, 2.24) is 9.55 Å². The Bertz CT molecular complexity index is 862. The first-order valence-corrected chi connectivity index (χ1v) is 8.77. The summed E-state index contributed by atoms with van der Waals surface area (Å²) in [6, 6.07) is 13.5. The molecular weight excluding hydrogens is 314 g/mol. The summed E-state index contributed by atoms with van der Waals surface area (Å²) in [5.41, 5.74) is 6.39. The number of benzene rings is 2. The summed E-state index contributed by atoms with van der Waals surface area (Å²) >= 11 is 0. The van der Waals surface area contributed by atoms with Crippen molar-refractivity contribution < 1.29 is 0 Å². The van der Waals surface area contributed by atoms with Gasteiger partial charge in [-0.2, -0.15) is 0 Å². The predicted octanol–water partition coefficient (Wildman–Crippen LogP) is 4.34. The summed E-state index contributed by atoms with van der Waals surface area (Å²) in [4.78, 5) is 27.1. The molecule has 0 spiro atoms. The van der Waals surface area contributed by atoms with Crippen LogP contribution in [0.5, 0.6) is 0 Å². The monoisotopic (exact) mass is 343 g/mol. The van der Waals surface area contributed by atoms with Crippen molar-refractivity contribution in [2.24, 2.45) is 0 Å². The highest BCUT2D eigenvalue weighted by Crippen LogP contribution is 2.09. The fraction of sp³-hybridized carbons (Fsp3) is 0.300. The maximum Gasteiger partial charge on any atom is 0.333 e. The number of nitrogen functional groups attached to an aromatic ring is 1. The molecule has 2 aromatic carbocycles. The molecule has 0 aliphatic carbocycles. The smallest absolute Gasteiger partial charge is 0.333 e. The fourth-order valence-electron chi connectivity index (χ4n) is 2.02. The van der Waals surface area contributed by atoms with E-state index in [2.05, 4.69) is 4.98 Å². The molecule has 0 unspecified atom stereocenters. The Hall–Kier alpha value is -2.82. The molecule has 3 aromatic rings. The SMILES string of the molecule is CC.CC.CC.Nc1ccc(-n2c(=O)[nH]c3ccccc3c2=O)cc1. The molecule has 0 saturated heterocycles. The van der Waals surface area contributed by atoms with Gasteiger partial charge in [-0.1, -0.05) is 53.7 Å². The molecule has 0 radical (unpaired) electrons. The third-order valence-electron chi connectivity index (χ3n) is 2.96. The Morgan fingerprint density at radius 3 is 1.88 bits per heavy atom. The average Bonchev–Trinajstić information content (AvgIpc) is 2.68. The second kappa shape index (κ2) is 11.7. The molecule has 3 rings (SSSR count). The van der Waals surface area contributed by atoms with Gasteiger partial charge in [0.25, 0.3) is 5.56 Å². The van der Waals surface area contributed by atoms with Gasteiger partial charge in [0.15, 0.2) is 0 Å². The molecule has 0 amide bonds. The number of anilines is 1. The predicted molar refractivity (Wildman–Crippen MR) is 109 cm³/mol. The summed E-state index contributed by atoms with van der Waals surface area (Å²) < 4.78 is 1.10. The number of fused-ring (bicyclic) bond motifs is 1. The van der Waals surface area contributed by atoms with Crippen LogP contribution in [0.1, 0.15) is 41.5 Å². The summed E-state index contributed by atoms with van der Waals surface area (Å²) in [6.45, 7) is 12.0. The summed E-state index contributed by atoms with van der Waals surface area (Å²) in [6.07, 6.45) is 0. The zero-order valence-electron chi connectivity index (χ0n) is 16.0. The van der Waals surface area contributed by atoms with E-state index in [-0.39, 0.29) is 5.56 Å². The van der Waals surface area contributed by atoms with E-state index in [9.17, 15) is 9.59 Å². The minimum absolute atomic E-state index is 0.343.